The van der Waals surface area contributed by atoms with Crippen molar-refractivity contribution in [2.24, 2.45) is 5.41 Å². The molecular weight excluding hydrogens is 248 g/mol. The molecule has 1 aromatic rings. The molecule has 0 unspecified atom stereocenters. The van der Waals surface area contributed by atoms with Gasteiger partial charge in [0.1, 0.15) is 12.0 Å². The summed E-state index contributed by atoms with van der Waals surface area (Å²) in [4.78, 5) is 25.5. The Balaban J connectivity index is 2.76. The van der Waals surface area contributed by atoms with Gasteiger partial charge < -0.3 is 11.1 Å². The van der Waals surface area contributed by atoms with Gasteiger partial charge in [0.2, 0.25) is 0 Å². The number of amides is 1. The molecule has 0 aliphatic heterocycles. The highest BCUT2D eigenvalue weighted by atomic mass is 16.6. The van der Waals surface area contributed by atoms with Gasteiger partial charge in [-0.1, -0.05) is 20.8 Å². The Bertz CT molecular complexity index is 494. The van der Waals surface area contributed by atoms with Crippen LogP contribution in [0.3, 0.4) is 0 Å². The van der Waals surface area contributed by atoms with Crippen LogP contribution in [0.2, 0.25) is 0 Å². The van der Waals surface area contributed by atoms with Gasteiger partial charge in [0.25, 0.3) is 11.6 Å². The lowest BCUT2D eigenvalue weighted by Crippen LogP contribution is -2.28. The summed E-state index contributed by atoms with van der Waals surface area (Å²) in [5, 5.41) is 13.3. The van der Waals surface area contributed by atoms with Gasteiger partial charge in [-0.3, -0.25) is 14.9 Å². The molecule has 7 nitrogen and oxygen atoms in total. The third-order valence-corrected chi connectivity index (χ3v) is 2.52. The Morgan fingerprint density at radius 3 is 2.68 bits per heavy atom. The molecule has 1 heterocycles. The van der Waals surface area contributed by atoms with E-state index in [1.807, 2.05) is 0 Å². The lowest BCUT2D eigenvalue weighted by atomic mass is 9.92. The quantitative estimate of drug-likeness (QED) is 0.636. The van der Waals surface area contributed by atoms with E-state index in [1.54, 1.807) is 0 Å². The Kier molecular flexibility index (Phi) is 4.42. The molecule has 0 aliphatic carbocycles. The predicted molar refractivity (Wildman–Crippen MR) is 71.7 cm³/mol. The van der Waals surface area contributed by atoms with Crippen LogP contribution in [0, 0.1) is 15.5 Å². The fraction of sp³-hybridized carbons (Fsp3) is 0.500. The summed E-state index contributed by atoms with van der Waals surface area (Å²) in [6.07, 6.45) is 1.82. The topological polar surface area (TPSA) is 111 Å². The number of nitro groups is 1. The molecule has 104 valence electrons. The minimum absolute atomic E-state index is 0.0149. The van der Waals surface area contributed by atoms with Crippen LogP contribution >= 0.6 is 0 Å². The molecule has 1 aromatic heterocycles. The number of rotatable bonds is 4. The SMILES string of the molecule is CC(C)(C)CCNC(=O)c1cc([N+](=O)[O-])cnc1N. The van der Waals surface area contributed by atoms with E-state index in [0.29, 0.717) is 6.54 Å². The standard InChI is InChI=1S/C12H18N4O3/c1-12(2,3)4-5-14-11(17)9-6-8(16(18)19)7-15-10(9)13/h6-7H,4-5H2,1-3H3,(H2,13,15)(H,14,17). The van der Waals surface area contributed by atoms with Crippen LogP contribution in [-0.2, 0) is 0 Å². The van der Waals surface area contributed by atoms with Gasteiger partial charge in [-0.25, -0.2) is 4.98 Å². The van der Waals surface area contributed by atoms with E-state index >= 15 is 0 Å². The zero-order valence-corrected chi connectivity index (χ0v) is 11.3. The van der Waals surface area contributed by atoms with Gasteiger partial charge in [0.15, 0.2) is 0 Å². The lowest BCUT2D eigenvalue weighted by Gasteiger charge is -2.18. The van der Waals surface area contributed by atoms with Gasteiger partial charge >= 0.3 is 0 Å². The zero-order valence-electron chi connectivity index (χ0n) is 11.3. The predicted octanol–water partition coefficient (Wildman–Crippen LogP) is 1.74. The van der Waals surface area contributed by atoms with Crippen molar-refractivity contribution in [2.75, 3.05) is 12.3 Å². The van der Waals surface area contributed by atoms with Gasteiger partial charge in [0, 0.05) is 12.6 Å². The molecule has 0 saturated carbocycles. The highest BCUT2D eigenvalue weighted by Crippen LogP contribution is 2.18. The number of aromatic nitrogens is 1. The summed E-state index contributed by atoms with van der Waals surface area (Å²) >= 11 is 0. The van der Waals surface area contributed by atoms with Crippen molar-refractivity contribution < 1.29 is 9.72 Å². The van der Waals surface area contributed by atoms with Crippen molar-refractivity contribution in [3.05, 3.63) is 27.9 Å². The van der Waals surface area contributed by atoms with Crippen molar-refractivity contribution >= 4 is 17.4 Å². The van der Waals surface area contributed by atoms with E-state index in [0.717, 1.165) is 18.7 Å². The molecule has 0 radical (unpaired) electrons. The van der Waals surface area contributed by atoms with Crippen LogP contribution in [0.4, 0.5) is 11.5 Å². The van der Waals surface area contributed by atoms with Crippen molar-refractivity contribution in [2.45, 2.75) is 27.2 Å². The van der Waals surface area contributed by atoms with Crippen molar-refractivity contribution in [3.63, 3.8) is 0 Å². The first kappa shape index (κ1) is 14.9. The van der Waals surface area contributed by atoms with Crippen LogP contribution in [0.25, 0.3) is 0 Å². The van der Waals surface area contributed by atoms with Crippen molar-refractivity contribution in [1.29, 1.82) is 0 Å². The van der Waals surface area contributed by atoms with Crippen molar-refractivity contribution in [3.8, 4) is 0 Å². The van der Waals surface area contributed by atoms with Crippen LogP contribution in [0.1, 0.15) is 37.6 Å². The fourth-order valence-corrected chi connectivity index (χ4v) is 1.39. The molecule has 19 heavy (non-hydrogen) atoms. The van der Waals surface area contributed by atoms with Crippen LogP contribution in [0.5, 0.6) is 0 Å². The van der Waals surface area contributed by atoms with E-state index in [9.17, 15) is 14.9 Å². The first-order valence-corrected chi connectivity index (χ1v) is 5.89. The van der Waals surface area contributed by atoms with Crippen LogP contribution < -0.4 is 11.1 Å². The maximum atomic E-state index is 11.9. The molecule has 1 amide bonds. The van der Waals surface area contributed by atoms with E-state index < -0.39 is 10.8 Å². The molecule has 1 rings (SSSR count). The smallest absolute Gasteiger partial charge is 0.288 e. The molecule has 0 atom stereocenters. The molecular formula is C12H18N4O3. The maximum absolute atomic E-state index is 11.9. The first-order valence-electron chi connectivity index (χ1n) is 5.89. The number of hydrogen-bond acceptors (Lipinski definition) is 5. The number of nitrogens with zero attached hydrogens (tertiary/aromatic N) is 2. The molecule has 0 aromatic carbocycles. The lowest BCUT2D eigenvalue weighted by molar-refractivity contribution is -0.385. The maximum Gasteiger partial charge on any atom is 0.288 e. The second kappa shape index (κ2) is 5.64. The van der Waals surface area contributed by atoms with E-state index in [4.69, 9.17) is 5.73 Å². The summed E-state index contributed by atoms with van der Waals surface area (Å²) in [7, 11) is 0. The highest BCUT2D eigenvalue weighted by Gasteiger charge is 2.17. The van der Waals surface area contributed by atoms with Gasteiger partial charge in [-0.2, -0.15) is 0 Å². The number of anilines is 1. The number of nitrogens with two attached hydrogens (primary N) is 1. The van der Waals surface area contributed by atoms with Crippen LogP contribution in [-0.4, -0.2) is 22.4 Å². The first-order chi connectivity index (χ1) is 8.70. The molecule has 0 bridgehead atoms. The number of pyridine rings is 1. The Hall–Kier alpha value is -2.18. The summed E-state index contributed by atoms with van der Waals surface area (Å²) in [6.45, 7) is 6.65. The average molecular weight is 266 g/mol. The van der Waals surface area contributed by atoms with Gasteiger partial charge in [-0.05, 0) is 11.8 Å². The summed E-state index contributed by atoms with van der Waals surface area (Å²) in [5.41, 5.74) is 5.43. The average Bonchev–Trinajstić information content (AvgIpc) is 2.27. The third-order valence-electron chi connectivity index (χ3n) is 2.52. The minimum Gasteiger partial charge on any atom is -0.383 e. The zero-order chi connectivity index (χ0) is 14.6. The molecule has 0 saturated heterocycles. The van der Waals surface area contributed by atoms with Crippen molar-refractivity contribution in [1.82, 2.24) is 10.3 Å². The highest BCUT2D eigenvalue weighted by molar-refractivity contribution is 5.98. The van der Waals surface area contributed by atoms with E-state index in [-0.39, 0.29) is 22.5 Å². The fourth-order valence-electron chi connectivity index (χ4n) is 1.39. The Labute approximate surface area is 111 Å². The minimum atomic E-state index is -0.613. The molecule has 0 spiro atoms. The van der Waals surface area contributed by atoms with Gasteiger partial charge in [-0.15, -0.1) is 0 Å². The second-order valence-electron chi connectivity index (χ2n) is 5.45. The number of nitrogens with one attached hydrogen (secondary N) is 1. The van der Waals surface area contributed by atoms with Crippen LogP contribution in [0.15, 0.2) is 12.3 Å². The summed E-state index contributed by atoms with van der Waals surface area (Å²) in [6, 6.07) is 1.13. The van der Waals surface area contributed by atoms with Gasteiger partial charge in [0.05, 0.1) is 10.5 Å². The van der Waals surface area contributed by atoms with E-state index in [1.165, 1.54) is 0 Å². The Morgan fingerprint density at radius 2 is 2.16 bits per heavy atom. The molecule has 7 heteroatoms. The number of nitrogen functional groups attached to an aromatic ring is 1. The summed E-state index contributed by atoms with van der Waals surface area (Å²) in [5.74, 6) is -0.461. The molecule has 0 aliphatic rings. The summed E-state index contributed by atoms with van der Waals surface area (Å²) < 4.78 is 0. The molecule has 3 N–H and O–H groups in total. The molecule has 0 fully saturated rings. The Morgan fingerprint density at radius 1 is 1.53 bits per heavy atom. The second-order valence-corrected chi connectivity index (χ2v) is 5.45. The largest absolute Gasteiger partial charge is 0.383 e. The number of carbonyl (C=O) groups excluding carboxylic acids is 1. The normalized spacial score (nSPS) is 11.1. The van der Waals surface area contributed by atoms with E-state index in [2.05, 4.69) is 31.1 Å². The monoisotopic (exact) mass is 266 g/mol. The number of carbonyl (C=O) groups is 1. The number of hydrogen-bond donors (Lipinski definition) is 2. The third kappa shape index (κ3) is 4.53.